The van der Waals surface area contributed by atoms with E-state index in [9.17, 15) is 4.79 Å². The van der Waals surface area contributed by atoms with Crippen molar-refractivity contribution in [2.45, 2.75) is 11.3 Å². The largest absolute Gasteiger partial charge is 0.395 e. The lowest BCUT2D eigenvalue weighted by molar-refractivity contribution is -0.116. The zero-order chi connectivity index (χ0) is 13.0. The summed E-state index contributed by atoms with van der Waals surface area (Å²) in [6.45, 7) is 1.29. The summed E-state index contributed by atoms with van der Waals surface area (Å²) in [6.07, 6.45) is 0.940. The van der Waals surface area contributed by atoms with Crippen LogP contribution in [-0.2, 0) is 11.2 Å². The van der Waals surface area contributed by atoms with Crippen LogP contribution in [0.5, 0.6) is 0 Å². The van der Waals surface area contributed by atoms with Crippen LogP contribution in [0.25, 0.3) is 0 Å². The topological polar surface area (TPSA) is 52.6 Å². The van der Waals surface area contributed by atoms with Crippen molar-refractivity contribution in [1.29, 1.82) is 0 Å². The van der Waals surface area contributed by atoms with Crippen LogP contribution in [-0.4, -0.2) is 43.5 Å². The molecule has 0 saturated carbocycles. The molecule has 2 rings (SSSR count). The molecule has 1 heterocycles. The van der Waals surface area contributed by atoms with E-state index < -0.39 is 0 Å². The molecule has 4 nitrogen and oxygen atoms in total. The summed E-state index contributed by atoms with van der Waals surface area (Å²) in [5.41, 5.74) is 2.15. The van der Waals surface area contributed by atoms with Gasteiger partial charge in [-0.05, 0) is 37.7 Å². The zero-order valence-electron chi connectivity index (χ0n) is 10.5. The molecule has 1 aliphatic heterocycles. The van der Waals surface area contributed by atoms with Crippen LogP contribution in [0.4, 0.5) is 5.69 Å². The first-order valence-corrected chi connectivity index (χ1v) is 7.06. The monoisotopic (exact) mass is 266 g/mol. The van der Waals surface area contributed by atoms with Crippen molar-refractivity contribution < 1.29 is 9.90 Å². The number of likely N-dealkylation sites (N-methyl/N-ethyl adjacent to an activating group) is 1. The minimum absolute atomic E-state index is 0.00338. The third-order valence-corrected chi connectivity index (χ3v) is 4.00. The van der Waals surface area contributed by atoms with Crippen molar-refractivity contribution in [2.24, 2.45) is 0 Å². The number of benzene rings is 1. The molecule has 1 aromatic carbocycles. The van der Waals surface area contributed by atoms with Crippen LogP contribution in [0, 0.1) is 0 Å². The molecule has 18 heavy (non-hydrogen) atoms. The van der Waals surface area contributed by atoms with E-state index >= 15 is 0 Å². The molecule has 0 spiro atoms. The Labute approximate surface area is 111 Å². The summed E-state index contributed by atoms with van der Waals surface area (Å²) in [5.74, 6) is 0.537. The molecule has 1 amide bonds. The standard InChI is InChI=1S/C13H18N2O2S/c1-14-5-4-10-2-3-12-11(8-10)15(6-7-16)13(17)9-18-12/h2-3,8,14,16H,4-7,9H2,1H3. The summed E-state index contributed by atoms with van der Waals surface area (Å²) in [6, 6.07) is 6.24. The van der Waals surface area contributed by atoms with Gasteiger partial charge >= 0.3 is 0 Å². The first-order valence-electron chi connectivity index (χ1n) is 6.08. The fourth-order valence-corrected chi connectivity index (χ4v) is 2.93. The number of nitrogens with one attached hydrogen (secondary N) is 1. The van der Waals surface area contributed by atoms with Crippen molar-refractivity contribution in [3.8, 4) is 0 Å². The van der Waals surface area contributed by atoms with Crippen LogP contribution in [0.3, 0.4) is 0 Å². The molecule has 0 radical (unpaired) electrons. The van der Waals surface area contributed by atoms with E-state index in [1.165, 1.54) is 5.56 Å². The maximum atomic E-state index is 11.9. The Morgan fingerprint density at radius 3 is 3.06 bits per heavy atom. The average molecular weight is 266 g/mol. The molecule has 0 unspecified atom stereocenters. The van der Waals surface area contributed by atoms with Gasteiger partial charge in [-0.15, -0.1) is 11.8 Å². The van der Waals surface area contributed by atoms with Crippen molar-refractivity contribution >= 4 is 23.4 Å². The third kappa shape index (κ3) is 2.85. The summed E-state index contributed by atoms with van der Waals surface area (Å²) in [7, 11) is 1.93. The first kappa shape index (κ1) is 13.4. The van der Waals surface area contributed by atoms with Gasteiger partial charge in [0.25, 0.3) is 0 Å². The number of thioether (sulfide) groups is 1. The molecule has 0 aromatic heterocycles. The van der Waals surface area contributed by atoms with E-state index in [2.05, 4.69) is 23.5 Å². The van der Waals surface area contributed by atoms with Gasteiger partial charge in [0.05, 0.1) is 18.0 Å². The first-order chi connectivity index (χ1) is 8.76. The molecule has 1 aromatic rings. The van der Waals surface area contributed by atoms with Gasteiger partial charge in [0.1, 0.15) is 0 Å². The Kier molecular flexibility index (Phi) is 4.63. The molecule has 1 aliphatic rings. The second kappa shape index (κ2) is 6.22. The number of nitrogens with zero attached hydrogens (tertiary/aromatic N) is 1. The molecule has 0 bridgehead atoms. The molecule has 0 atom stereocenters. The van der Waals surface area contributed by atoms with Gasteiger partial charge in [0.15, 0.2) is 0 Å². The van der Waals surface area contributed by atoms with E-state index in [4.69, 9.17) is 5.11 Å². The molecular formula is C13H18N2O2S. The van der Waals surface area contributed by atoms with Crippen LogP contribution < -0.4 is 10.2 Å². The number of amides is 1. The van der Waals surface area contributed by atoms with E-state index in [0.717, 1.165) is 23.5 Å². The Morgan fingerprint density at radius 1 is 1.50 bits per heavy atom. The number of hydrogen-bond donors (Lipinski definition) is 2. The van der Waals surface area contributed by atoms with Crippen LogP contribution in [0.15, 0.2) is 23.1 Å². The lowest BCUT2D eigenvalue weighted by atomic mass is 10.1. The van der Waals surface area contributed by atoms with Crippen LogP contribution in [0.1, 0.15) is 5.56 Å². The second-order valence-corrected chi connectivity index (χ2v) is 5.23. The van der Waals surface area contributed by atoms with E-state index in [1.54, 1.807) is 16.7 Å². The number of rotatable bonds is 5. The van der Waals surface area contributed by atoms with Gasteiger partial charge in [0, 0.05) is 11.4 Å². The van der Waals surface area contributed by atoms with Crippen molar-refractivity contribution in [2.75, 3.05) is 37.4 Å². The fraction of sp³-hybridized carbons (Fsp3) is 0.462. The Morgan fingerprint density at radius 2 is 2.33 bits per heavy atom. The highest BCUT2D eigenvalue weighted by Gasteiger charge is 2.24. The van der Waals surface area contributed by atoms with Gasteiger partial charge in [-0.2, -0.15) is 0 Å². The molecule has 0 fully saturated rings. The maximum Gasteiger partial charge on any atom is 0.237 e. The van der Waals surface area contributed by atoms with Crippen molar-refractivity contribution in [1.82, 2.24) is 5.32 Å². The number of β-amino-alcohol motifs (C(OH)–C–C–N with tert-alkyl or cyclic N) is 1. The number of hydrogen-bond acceptors (Lipinski definition) is 4. The number of aliphatic hydroxyl groups excluding tert-OH is 1. The summed E-state index contributed by atoms with van der Waals surface area (Å²) >= 11 is 1.57. The summed E-state index contributed by atoms with van der Waals surface area (Å²) < 4.78 is 0. The SMILES string of the molecule is CNCCc1ccc2c(c1)N(CCO)C(=O)CS2. The minimum atomic E-state index is -0.00338. The average Bonchev–Trinajstić information content (AvgIpc) is 2.39. The lowest BCUT2D eigenvalue weighted by Gasteiger charge is -2.28. The Hall–Kier alpha value is -1.04. The normalized spacial score (nSPS) is 14.8. The molecule has 0 aliphatic carbocycles. The number of carbonyl (C=O) groups excluding carboxylic acids is 1. The van der Waals surface area contributed by atoms with Gasteiger partial charge < -0.3 is 15.3 Å². The van der Waals surface area contributed by atoms with E-state index in [0.29, 0.717) is 12.3 Å². The fourth-order valence-electron chi connectivity index (χ4n) is 2.02. The number of aliphatic hydroxyl groups is 1. The van der Waals surface area contributed by atoms with Crippen LogP contribution >= 0.6 is 11.8 Å². The number of anilines is 1. The third-order valence-electron chi connectivity index (χ3n) is 2.95. The van der Waals surface area contributed by atoms with E-state index in [1.807, 2.05) is 7.05 Å². The van der Waals surface area contributed by atoms with Crippen molar-refractivity contribution in [3.05, 3.63) is 23.8 Å². The van der Waals surface area contributed by atoms with Gasteiger partial charge in [-0.25, -0.2) is 0 Å². The molecule has 5 heteroatoms. The predicted molar refractivity (Wildman–Crippen MR) is 74.2 cm³/mol. The quantitative estimate of drug-likeness (QED) is 0.831. The van der Waals surface area contributed by atoms with Gasteiger partial charge in [0.2, 0.25) is 5.91 Å². The molecule has 2 N–H and O–H groups in total. The van der Waals surface area contributed by atoms with Crippen LogP contribution in [0.2, 0.25) is 0 Å². The predicted octanol–water partition coefficient (Wildman–Crippen LogP) is 0.879. The zero-order valence-corrected chi connectivity index (χ0v) is 11.3. The Bertz CT molecular complexity index is 437. The molecular weight excluding hydrogens is 248 g/mol. The van der Waals surface area contributed by atoms with E-state index in [-0.39, 0.29) is 12.5 Å². The summed E-state index contributed by atoms with van der Waals surface area (Å²) in [4.78, 5) is 14.7. The molecule has 0 saturated heterocycles. The van der Waals surface area contributed by atoms with Crippen molar-refractivity contribution in [3.63, 3.8) is 0 Å². The smallest absolute Gasteiger partial charge is 0.237 e. The summed E-state index contributed by atoms with van der Waals surface area (Å²) in [5, 5.41) is 12.2. The Balaban J connectivity index is 2.26. The number of carbonyl (C=O) groups is 1. The second-order valence-electron chi connectivity index (χ2n) is 4.21. The highest BCUT2D eigenvalue weighted by atomic mass is 32.2. The number of fused-ring (bicyclic) bond motifs is 1. The van der Waals surface area contributed by atoms with Gasteiger partial charge in [-0.3, -0.25) is 4.79 Å². The maximum absolute atomic E-state index is 11.9. The molecule has 98 valence electrons. The van der Waals surface area contributed by atoms with Gasteiger partial charge in [-0.1, -0.05) is 6.07 Å². The minimum Gasteiger partial charge on any atom is -0.395 e. The highest BCUT2D eigenvalue weighted by Crippen LogP contribution is 2.35. The lowest BCUT2D eigenvalue weighted by Crippen LogP contribution is -2.37. The highest BCUT2D eigenvalue weighted by molar-refractivity contribution is 8.00.